The zero-order chi connectivity index (χ0) is 13.6. The summed E-state index contributed by atoms with van der Waals surface area (Å²) in [5.74, 6) is -1.02. The molecule has 1 fully saturated rings. The summed E-state index contributed by atoms with van der Waals surface area (Å²) < 4.78 is 13.6. The first-order valence-electron chi connectivity index (χ1n) is 5.98. The predicted octanol–water partition coefficient (Wildman–Crippen LogP) is 1.36. The number of nitrogens with two attached hydrogens (primary N) is 1. The topological polar surface area (TPSA) is 80.9 Å². The summed E-state index contributed by atoms with van der Waals surface area (Å²) in [5, 5.41) is 2.91. The number of primary amides is 1. The Kier molecular flexibility index (Phi) is 2.89. The van der Waals surface area contributed by atoms with E-state index in [2.05, 4.69) is 15.3 Å². The van der Waals surface area contributed by atoms with Gasteiger partial charge < -0.3 is 11.1 Å². The number of carbonyl (C=O) groups excluding carboxylic acids is 1. The van der Waals surface area contributed by atoms with E-state index in [4.69, 9.17) is 17.3 Å². The van der Waals surface area contributed by atoms with Gasteiger partial charge in [0.25, 0.3) is 0 Å². The average Bonchev–Trinajstić information content (AvgIpc) is 2.94. The van der Waals surface area contributed by atoms with E-state index in [0.717, 1.165) is 12.6 Å². The number of allylic oxidation sites excluding steroid dienone is 1. The molecule has 100 valence electrons. The van der Waals surface area contributed by atoms with E-state index in [1.165, 1.54) is 0 Å². The molecule has 2 bridgehead atoms. The maximum atomic E-state index is 13.6. The highest BCUT2D eigenvalue weighted by molar-refractivity contribution is 6.28. The minimum atomic E-state index is -0.598. The lowest BCUT2D eigenvalue weighted by atomic mass is 9.88. The molecule has 0 aromatic carbocycles. The lowest BCUT2D eigenvalue weighted by molar-refractivity contribution is -0.122. The lowest BCUT2D eigenvalue weighted by Crippen LogP contribution is -2.41. The van der Waals surface area contributed by atoms with Gasteiger partial charge in [0, 0.05) is 6.04 Å². The Morgan fingerprint density at radius 3 is 2.95 bits per heavy atom. The van der Waals surface area contributed by atoms with Gasteiger partial charge >= 0.3 is 0 Å². The molecule has 0 saturated heterocycles. The predicted molar refractivity (Wildman–Crippen MR) is 67.8 cm³/mol. The van der Waals surface area contributed by atoms with Gasteiger partial charge in [0.05, 0.1) is 12.1 Å². The molecule has 19 heavy (non-hydrogen) atoms. The molecular formula is C12H12ClFN4O. The summed E-state index contributed by atoms with van der Waals surface area (Å²) in [6.07, 6.45) is 5.88. The van der Waals surface area contributed by atoms with Crippen molar-refractivity contribution >= 4 is 23.3 Å². The van der Waals surface area contributed by atoms with Gasteiger partial charge in [-0.2, -0.15) is 4.98 Å². The van der Waals surface area contributed by atoms with E-state index < -0.39 is 5.82 Å². The zero-order valence-corrected chi connectivity index (χ0v) is 10.6. The van der Waals surface area contributed by atoms with Crippen molar-refractivity contribution in [2.24, 2.45) is 23.5 Å². The van der Waals surface area contributed by atoms with Gasteiger partial charge in [-0.1, -0.05) is 12.2 Å². The molecule has 1 aromatic heterocycles. The third kappa shape index (κ3) is 2.06. The van der Waals surface area contributed by atoms with Crippen molar-refractivity contribution in [2.75, 3.05) is 5.32 Å². The van der Waals surface area contributed by atoms with Crippen molar-refractivity contribution in [1.29, 1.82) is 0 Å². The summed E-state index contributed by atoms with van der Waals surface area (Å²) in [5.41, 5.74) is 5.43. The normalized spacial score (nSPS) is 31.7. The molecule has 7 heteroatoms. The molecule has 2 aliphatic rings. The van der Waals surface area contributed by atoms with E-state index in [9.17, 15) is 9.18 Å². The van der Waals surface area contributed by atoms with Crippen molar-refractivity contribution in [3.8, 4) is 0 Å². The Bertz CT molecular complexity index is 565. The first kappa shape index (κ1) is 12.3. The van der Waals surface area contributed by atoms with Crippen molar-refractivity contribution in [1.82, 2.24) is 9.97 Å². The van der Waals surface area contributed by atoms with Crippen LogP contribution in [-0.4, -0.2) is 21.9 Å². The van der Waals surface area contributed by atoms with Crippen LogP contribution in [0.25, 0.3) is 0 Å². The molecular weight excluding hydrogens is 271 g/mol. The van der Waals surface area contributed by atoms with Crippen molar-refractivity contribution < 1.29 is 9.18 Å². The number of amides is 1. The van der Waals surface area contributed by atoms with Crippen LogP contribution in [0.3, 0.4) is 0 Å². The molecule has 3 N–H and O–H groups in total. The molecule has 1 amide bonds. The van der Waals surface area contributed by atoms with E-state index >= 15 is 0 Å². The molecule has 1 unspecified atom stereocenters. The summed E-state index contributed by atoms with van der Waals surface area (Å²) in [4.78, 5) is 18.9. The minimum Gasteiger partial charge on any atom is -0.369 e. The second kappa shape index (κ2) is 4.45. The molecule has 1 heterocycles. The largest absolute Gasteiger partial charge is 0.369 e. The van der Waals surface area contributed by atoms with Crippen LogP contribution >= 0.6 is 11.6 Å². The first-order valence-corrected chi connectivity index (χ1v) is 6.36. The van der Waals surface area contributed by atoms with Crippen LogP contribution < -0.4 is 11.1 Å². The fraction of sp³-hybridized carbons (Fsp3) is 0.417. The van der Waals surface area contributed by atoms with Crippen molar-refractivity contribution in [2.45, 2.75) is 12.5 Å². The van der Waals surface area contributed by atoms with Crippen molar-refractivity contribution in [3.63, 3.8) is 0 Å². The van der Waals surface area contributed by atoms with Crippen LogP contribution in [0.2, 0.25) is 5.28 Å². The van der Waals surface area contributed by atoms with Gasteiger partial charge in [-0.3, -0.25) is 4.79 Å². The Morgan fingerprint density at radius 1 is 1.47 bits per heavy atom. The maximum absolute atomic E-state index is 13.6. The molecule has 1 saturated carbocycles. The maximum Gasteiger partial charge on any atom is 0.224 e. The number of aromatic nitrogens is 2. The van der Waals surface area contributed by atoms with Crippen molar-refractivity contribution in [3.05, 3.63) is 29.4 Å². The number of rotatable bonds is 3. The molecule has 2 aliphatic carbocycles. The number of halogens is 2. The smallest absolute Gasteiger partial charge is 0.224 e. The fourth-order valence-electron chi connectivity index (χ4n) is 3.01. The number of nitrogens with one attached hydrogen (secondary N) is 1. The number of hydrogen-bond donors (Lipinski definition) is 2. The Hall–Kier alpha value is -1.69. The summed E-state index contributed by atoms with van der Waals surface area (Å²) >= 11 is 5.65. The second-order valence-corrected chi connectivity index (χ2v) is 5.22. The number of nitrogens with zero attached hydrogens (tertiary/aromatic N) is 2. The highest BCUT2D eigenvalue weighted by atomic mass is 35.5. The SMILES string of the molecule is NC(=O)[C@@H]1C(Nc2nc(Cl)ncc2F)[C@H]2C=C[C@@H]1C2. The summed E-state index contributed by atoms with van der Waals surface area (Å²) in [7, 11) is 0. The number of hydrogen-bond acceptors (Lipinski definition) is 4. The third-order valence-electron chi connectivity index (χ3n) is 3.81. The lowest BCUT2D eigenvalue weighted by Gasteiger charge is -2.27. The van der Waals surface area contributed by atoms with Crippen LogP contribution in [-0.2, 0) is 4.79 Å². The van der Waals surface area contributed by atoms with E-state index in [0.29, 0.717) is 0 Å². The minimum absolute atomic E-state index is 0.0113. The van der Waals surface area contributed by atoms with Gasteiger partial charge in [-0.05, 0) is 29.9 Å². The second-order valence-electron chi connectivity index (χ2n) is 4.88. The van der Waals surface area contributed by atoms with Gasteiger partial charge in [-0.25, -0.2) is 9.37 Å². The fourth-order valence-corrected chi connectivity index (χ4v) is 3.14. The first-order chi connectivity index (χ1) is 9.06. The Morgan fingerprint density at radius 2 is 2.21 bits per heavy atom. The molecule has 0 aliphatic heterocycles. The number of fused-ring (bicyclic) bond motifs is 2. The number of carbonyl (C=O) groups is 1. The summed E-state index contributed by atoms with van der Waals surface area (Å²) in [6, 6.07) is -0.243. The Labute approximate surface area is 114 Å². The van der Waals surface area contributed by atoms with Crippen LogP contribution in [0.5, 0.6) is 0 Å². The molecule has 4 atom stereocenters. The standard InChI is InChI=1S/C12H12ClFN4O/c13-12-16-4-7(14)11(18-12)17-9-6-2-1-5(3-6)8(9)10(15)19/h1-2,4-6,8-9H,3H2,(H2,15,19)(H,16,17,18)/t5-,6+,8+,9?/m1/s1. The quantitative estimate of drug-likeness (QED) is 0.648. The molecule has 1 aromatic rings. The summed E-state index contributed by atoms with van der Waals surface area (Å²) in [6.45, 7) is 0. The number of anilines is 1. The average molecular weight is 283 g/mol. The highest BCUT2D eigenvalue weighted by Gasteiger charge is 2.47. The molecule has 3 rings (SSSR count). The van der Waals surface area contributed by atoms with E-state index in [1.54, 1.807) is 0 Å². The van der Waals surface area contributed by atoms with Gasteiger partial charge in [0.1, 0.15) is 0 Å². The Balaban J connectivity index is 1.88. The molecule has 5 nitrogen and oxygen atoms in total. The van der Waals surface area contributed by atoms with Crippen LogP contribution in [0.15, 0.2) is 18.3 Å². The van der Waals surface area contributed by atoms with E-state index in [1.807, 2.05) is 12.2 Å². The monoisotopic (exact) mass is 282 g/mol. The third-order valence-corrected chi connectivity index (χ3v) is 3.99. The zero-order valence-electron chi connectivity index (χ0n) is 9.88. The van der Waals surface area contributed by atoms with Gasteiger partial charge in [0.2, 0.25) is 11.2 Å². The molecule has 0 spiro atoms. The van der Waals surface area contributed by atoms with Crippen LogP contribution in [0.1, 0.15) is 6.42 Å². The van der Waals surface area contributed by atoms with Crippen LogP contribution in [0, 0.1) is 23.6 Å². The van der Waals surface area contributed by atoms with Crippen LogP contribution in [0.4, 0.5) is 10.2 Å². The van der Waals surface area contributed by atoms with Gasteiger partial charge in [0.15, 0.2) is 11.6 Å². The van der Waals surface area contributed by atoms with E-state index in [-0.39, 0.29) is 40.8 Å². The van der Waals surface area contributed by atoms with Gasteiger partial charge in [-0.15, -0.1) is 0 Å². The molecule has 0 radical (unpaired) electrons. The highest BCUT2D eigenvalue weighted by Crippen LogP contribution is 2.44.